The largest absolute Gasteiger partial charge is 0.441 e. The molecule has 0 unspecified atom stereocenters. The Balaban J connectivity index is 1.99. The molecule has 0 saturated carbocycles. The molecule has 1 aromatic heterocycles. The lowest BCUT2D eigenvalue weighted by Gasteiger charge is -2.26. The number of barbiturate groups is 1. The average molecular weight is 418 g/mol. The first kappa shape index (κ1) is 17.9. The summed E-state index contributed by atoms with van der Waals surface area (Å²) in [6, 6.07) is 7.63. The van der Waals surface area contributed by atoms with Crippen LogP contribution in [0.2, 0.25) is 0 Å². The highest BCUT2D eigenvalue weighted by molar-refractivity contribution is 9.10. The zero-order chi connectivity index (χ0) is 19.0. The molecule has 0 spiro atoms. The van der Waals surface area contributed by atoms with E-state index in [1.807, 2.05) is 21.0 Å². The lowest BCUT2D eigenvalue weighted by atomic mass is 10.1. The van der Waals surface area contributed by atoms with Crippen molar-refractivity contribution in [3.63, 3.8) is 0 Å². The Morgan fingerprint density at radius 2 is 1.88 bits per heavy atom. The van der Waals surface area contributed by atoms with E-state index in [-0.39, 0.29) is 5.57 Å². The van der Waals surface area contributed by atoms with Crippen LogP contribution in [0.4, 0.5) is 16.4 Å². The number of rotatable bonds is 3. The number of nitrogens with one attached hydrogen (secondary N) is 1. The van der Waals surface area contributed by atoms with Crippen LogP contribution in [-0.2, 0) is 9.59 Å². The maximum atomic E-state index is 12.8. The van der Waals surface area contributed by atoms with Gasteiger partial charge in [-0.1, -0.05) is 15.9 Å². The average Bonchev–Trinajstić information content (AvgIpc) is 3.03. The van der Waals surface area contributed by atoms with Crippen LogP contribution in [0.5, 0.6) is 0 Å². The van der Waals surface area contributed by atoms with Crippen LogP contribution >= 0.6 is 15.9 Å². The summed E-state index contributed by atoms with van der Waals surface area (Å²) in [5, 5.41) is 2.19. The van der Waals surface area contributed by atoms with E-state index in [9.17, 15) is 14.4 Å². The Labute approximate surface area is 158 Å². The molecule has 4 amide bonds. The van der Waals surface area contributed by atoms with Gasteiger partial charge < -0.3 is 9.32 Å². The molecule has 1 aromatic carbocycles. The van der Waals surface area contributed by atoms with Gasteiger partial charge in [0.15, 0.2) is 5.88 Å². The Kier molecular flexibility index (Phi) is 4.69. The van der Waals surface area contributed by atoms with Gasteiger partial charge in [-0.25, -0.2) is 9.69 Å². The van der Waals surface area contributed by atoms with Crippen molar-refractivity contribution in [1.82, 2.24) is 5.32 Å². The molecule has 134 valence electrons. The number of amides is 4. The second-order valence-corrected chi connectivity index (χ2v) is 6.82. The Bertz CT molecular complexity index is 946. The third-order valence-corrected chi connectivity index (χ3v) is 4.73. The summed E-state index contributed by atoms with van der Waals surface area (Å²) < 4.78 is 6.41. The number of furan rings is 1. The van der Waals surface area contributed by atoms with E-state index in [1.54, 1.807) is 35.2 Å². The van der Waals surface area contributed by atoms with Gasteiger partial charge in [-0.2, -0.15) is 0 Å². The number of urea groups is 1. The van der Waals surface area contributed by atoms with Gasteiger partial charge in [-0.15, -0.1) is 0 Å². The van der Waals surface area contributed by atoms with E-state index in [0.29, 0.717) is 17.3 Å². The monoisotopic (exact) mass is 417 g/mol. The lowest BCUT2D eigenvalue weighted by molar-refractivity contribution is -0.122. The predicted molar refractivity (Wildman–Crippen MR) is 101 cm³/mol. The van der Waals surface area contributed by atoms with E-state index in [2.05, 4.69) is 21.2 Å². The minimum atomic E-state index is -0.785. The summed E-state index contributed by atoms with van der Waals surface area (Å²) in [7, 11) is 3.62. The van der Waals surface area contributed by atoms with Crippen LogP contribution in [0.1, 0.15) is 11.3 Å². The molecule has 2 heterocycles. The lowest BCUT2D eigenvalue weighted by Crippen LogP contribution is -2.54. The summed E-state index contributed by atoms with van der Waals surface area (Å²) in [5.41, 5.74) is 1.05. The van der Waals surface area contributed by atoms with Crippen LogP contribution in [0.3, 0.4) is 0 Å². The van der Waals surface area contributed by atoms with Crippen molar-refractivity contribution in [2.45, 2.75) is 6.92 Å². The van der Waals surface area contributed by atoms with Gasteiger partial charge in [0, 0.05) is 24.6 Å². The highest BCUT2D eigenvalue weighted by Gasteiger charge is 2.37. The van der Waals surface area contributed by atoms with Crippen molar-refractivity contribution in [3.8, 4) is 0 Å². The van der Waals surface area contributed by atoms with E-state index < -0.39 is 17.8 Å². The topological polar surface area (TPSA) is 82.9 Å². The normalized spacial score (nSPS) is 16.2. The Morgan fingerprint density at radius 1 is 1.15 bits per heavy atom. The van der Waals surface area contributed by atoms with E-state index in [1.165, 1.54) is 6.08 Å². The molecule has 1 aliphatic heterocycles. The summed E-state index contributed by atoms with van der Waals surface area (Å²) in [6.45, 7) is 1.84. The van der Waals surface area contributed by atoms with Gasteiger partial charge in [-0.05, 0) is 42.8 Å². The van der Waals surface area contributed by atoms with E-state index >= 15 is 0 Å². The number of anilines is 2. The molecule has 0 bridgehead atoms. The van der Waals surface area contributed by atoms with Gasteiger partial charge >= 0.3 is 6.03 Å². The molecule has 0 aliphatic carbocycles. The molecule has 2 aromatic rings. The number of halogens is 1. The molecule has 0 atom stereocenters. The minimum absolute atomic E-state index is 0.176. The van der Waals surface area contributed by atoms with Crippen LogP contribution < -0.4 is 15.1 Å². The fraction of sp³-hybridized carbons (Fsp3) is 0.167. The highest BCUT2D eigenvalue weighted by atomic mass is 79.9. The zero-order valence-electron chi connectivity index (χ0n) is 14.4. The molecule has 0 radical (unpaired) electrons. The van der Waals surface area contributed by atoms with E-state index in [0.717, 1.165) is 14.9 Å². The maximum absolute atomic E-state index is 12.8. The molecule has 7 nitrogen and oxygen atoms in total. The zero-order valence-corrected chi connectivity index (χ0v) is 16.0. The van der Waals surface area contributed by atoms with Gasteiger partial charge in [0.25, 0.3) is 11.8 Å². The van der Waals surface area contributed by atoms with Crippen LogP contribution in [0.15, 0.2) is 44.8 Å². The minimum Gasteiger partial charge on any atom is -0.441 e. The molecule has 1 saturated heterocycles. The van der Waals surface area contributed by atoms with Crippen molar-refractivity contribution in [2.75, 3.05) is 23.9 Å². The van der Waals surface area contributed by atoms with Crippen LogP contribution in [0.25, 0.3) is 6.08 Å². The Hall–Kier alpha value is -2.87. The number of imide groups is 2. The van der Waals surface area contributed by atoms with Gasteiger partial charge in [0.2, 0.25) is 0 Å². The molecular weight excluding hydrogens is 402 g/mol. The second-order valence-electron chi connectivity index (χ2n) is 5.96. The summed E-state index contributed by atoms with van der Waals surface area (Å²) in [6.07, 6.45) is 1.33. The number of hydrogen-bond acceptors (Lipinski definition) is 5. The standard InChI is InChI=1S/C18H16BrN3O4/c1-10-8-11(4-6-14(10)19)22-17(24)13(16(23)20-18(22)25)9-12-5-7-15(26-12)21(2)3/h4-9H,1-3H3,(H,20,23,25)/b13-9+. The first-order valence-corrected chi connectivity index (χ1v) is 8.52. The molecule has 26 heavy (non-hydrogen) atoms. The maximum Gasteiger partial charge on any atom is 0.335 e. The van der Waals surface area contributed by atoms with Gasteiger partial charge in [0.05, 0.1) is 5.69 Å². The van der Waals surface area contributed by atoms with Gasteiger partial charge in [-0.3, -0.25) is 14.9 Å². The number of benzene rings is 1. The van der Waals surface area contributed by atoms with Crippen molar-refractivity contribution >= 4 is 51.4 Å². The smallest absolute Gasteiger partial charge is 0.335 e. The number of carbonyl (C=O) groups is 3. The number of hydrogen-bond donors (Lipinski definition) is 1. The molecule has 1 fully saturated rings. The fourth-order valence-corrected chi connectivity index (χ4v) is 2.71. The number of aryl methyl sites for hydroxylation is 1. The second kappa shape index (κ2) is 6.80. The predicted octanol–water partition coefficient (Wildman–Crippen LogP) is 3.08. The van der Waals surface area contributed by atoms with Crippen LogP contribution in [0, 0.1) is 6.92 Å². The summed E-state index contributed by atoms with van der Waals surface area (Å²) in [5.74, 6) is -0.540. The van der Waals surface area contributed by atoms with E-state index in [4.69, 9.17) is 4.42 Å². The van der Waals surface area contributed by atoms with Gasteiger partial charge in [0.1, 0.15) is 11.3 Å². The summed E-state index contributed by atoms with van der Waals surface area (Å²) in [4.78, 5) is 39.8. The molecule has 3 rings (SSSR count). The van der Waals surface area contributed by atoms with Crippen LogP contribution in [-0.4, -0.2) is 31.9 Å². The highest BCUT2D eigenvalue weighted by Crippen LogP contribution is 2.27. The SMILES string of the molecule is Cc1cc(N2C(=O)NC(=O)/C(=C\c3ccc(N(C)C)o3)C2=O)ccc1Br. The fourth-order valence-electron chi connectivity index (χ4n) is 2.46. The first-order valence-electron chi connectivity index (χ1n) is 7.72. The number of carbonyl (C=O) groups excluding carboxylic acids is 3. The molecule has 1 aliphatic rings. The Morgan fingerprint density at radius 3 is 2.50 bits per heavy atom. The molecular formula is C18H16BrN3O4. The van der Waals surface area contributed by atoms with Crippen molar-refractivity contribution in [3.05, 3.63) is 51.7 Å². The third-order valence-electron chi connectivity index (χ3n) is 3.84. The molecule has 1 N–H and O–H groups in total. The van der Waals surface area contributed by atoms with Crippen molar-refractivity contribution < 1.29 is 18.8 Å². The van der Waals surface area contributed by atoms with Crippen molar-refractivity contribution in [2.24, 2.45) is 0 Å². The third kappa shape index (κ3) is 3.28. The summed E-state index contributed by atoms with van der Waals surface area (Å²) >= 11 is 3.38. The number of nitrogens with zero attached hydrogens (tertiary/aromatic N) is 2. The molecule has 8 heteroatoms. The first-order chi connectivity index (χ1) is 12.3. The van der Waals surface area contributed by atoms with Crippen molar-refractivity contribution in [1.29, 1.82) is 0 Å². The quantitative estimate of drug-likeness (QED) is 0.612.